The molecule has 0 spiro atoms. The normalized spacial score (nSPS) is 18.4. The predicted octanol–water partition coefficient (Wildman–Crippen LogP) is 8.32. The third-order valence-corrected chi connectivity index (χ3v) is 14.4. The summed E-state index contributed by atoms with van der Waals surface area (Å²) in [4.78, 5) is 0. The number of hydrogen-bond donors (Lipinski definition) is 2. The molecule has 4 atom stereocenters. The highest BCUT2D eigenvalue weighted by molar-refractivity contribution is 6.99. The summed E-state index contributed by atoms with van der Waals surface area (Å²) in [5, 5.41) is 23.8. The summed E-state index contributed by atoms with van der Waals surface area (Å²) in [6.45, 7) is 9.59. The van der Waals surface area contributed by atoms with Crippen LogP contribution in [0.5, 0.6) is 0 Å². The van der Waals surface area contributed by atoms with Gasteiger partial charge >= 0.3 is 0 Å². The van der Waals surface area contributed by atoms with Crippen molar-refractivity contribution in [1.29, 1.82) is 0 Å². The molecule has 0 saturated carbocycles. The van der Waals surface area contributed by atoms with Crippen LogP contribution in [-0.4, -0.2) is 49.6 Å². The first-order valence-electron chi connectivity index (χ1n) is 18.0. The van der Waals surface area contributed by atoms with Gasteiger partial charge in [-0.2, -0.15) is 0 Å². The van der Waals surface area contributed by atoms with E-state index in [2.05, 4.69) is 100 Å². The Labute approximate surface area is 276 Å². The lowest BCUT2D eigenvalue weighted by Crippen LogP contribution is -2.67. The van der Waals surface area contributed by atoms with E-state index in [9.17, 15) is 10.2 Å². The second kappa shape index (κ2) is 20.3. The molecule has 1 aliphatic rings. The second-order valence-corrected chi connectivity index (χ2v) is 18.4. The molecule has 1 fully saturated rings. The zero-order chi connectivity index (χ0) is 32.4. The van der Waals surface area contributed by atoms with Gasteiger partial charge in [0.15, 0.2) is 0 Å². The van der Waals surface area contributed by atoms with Gasteiger partial charge < -0.3 is 19.4 Å². The molecule has 2 aromatic carbocycles. The summed E-state index contributed by atoms with van der Waals surface area (Å²) in [5.41, 5.74) is 0. The molecule has 2 aromatic rings. The number of ether oxygens (including phenoxy) is 1. The SMILES string of the molecule is CCCCCCCCCCCCCCC#C[C@@H](O)C[C@H](O)[C@@H]1CC[C@@H](CO[Si](c2ccccc2)(c2ccccc2)C(C)(C)C)O1. The van der Waals surface area contributed by atoms with Crippen LogP contribution in [0.25, 0.3) is 0 Å². The molecule has 2 N–H and O–H groups in total. The van der Waals surface area contributed by atoms with E-state index >= 15 is 0 Å². The fourth-order valence-corrected chi connectivity index (χ4v) is 11.4. The number of hydrogen-bond acceptors (Lipinski definition) is 4. The van der Waals surface area contributed by atoms with Crippen molar-refractivity contribution in [1.82, 2.24) is 0 Å². The number of rotatable bonds is 20. The molecular weight excluding hydrogens is 573 g/mol. The van der Waals surface area contributed by atoms with Crippen LogP contribution in [0.2, 0.25) is 5.04 Å². The van der Waals surface area contributed by atoms with E-state index in [-0.39, 0.29) is 23.7 Å². The Bertz CT molecular complexity index is 1060. The van der Waals surface area contributed by atoms with Crippen LogP contribution in [0.3, 0.4) is 0 Å². The Morgan fingerprint density at radius 2 is 1.29 bits per heavy atom. The monoisotopic (exact) mass is 634 g/mol. The van der Waals surface area contributed by atoms with Crippen LogP contribution in [-0.2, 0) is 9.16 Å². The van der Waals surface area contributed by atoms with Crippen LogP contribution >= 0.6 is 0 Å². The predicted molar refractivity (Wildman–Crippen MR) is 192 cm³/mol. The second-order valence-electron chi connectivity index (χ2n) is 14.1. The molecule has 0 amide bonds. The molecule has 0 radical (unpaired) electrons. The van der Waals surface area contributed by atoms with Gasteiger partial charge in [-0.3, -0.25) is 0 Å². The Hall–Kier alpha value is -1.94. The zero-order valence-corrected chi connectivity index (χ0v) is 29.8. The maximum atomic E-state index is 10.9. The average Bonchev–Trinajstić information content (AvgIpc) is 3.51. The van der Waals surface area contributed by atoms with Gasteiger partial charge in [0.05, 0.1) is 24.9 Å². The molecule has 1 heterocycles. The van der Waals surface area contributed by atoms with Gasteiger partial charge in [0.2, 0.25) is 0 Å². The zero-order valence-electron chi connectivity index (χ0n) is 28.8. The largest absolute Gasteiger partial charge is 0.405 e. The number of unbranched alkanes of at least 4 members (excludes halogenated alkanes) is 12. The summed E-state index contributed by atoms with van der Waals surface area (Å²) < 4.78 is 13.4. The summed E-state index contributed by atoms with van der Waals surface area (Å²) >= 11 is 0. The van der Waals surface area contributed by atoms with Crippen molar-refractivity contribution in [3.63, 3.8) is 0 Å². The maximum Gasteiger partial charge on any atom is 0.261 e. The lowest BCUT2D eigenvalue weighted by molar-refractivity contribution is -0.0567. The first kappa shape index (κ1) is 37.5. The number of aliphatic hydroxyl groups excluding tert-OH is 2. The fourth-order valence-electron chi connectivity index (χ4n) is 6.80. The molecule has 0 unspecified atom stereocenters. The smallest absolute Gasteiger partial charge is 0.261 e. The van der Waals surface area contributed by atoms with Gasteiger partial charge in [-0.25, -0.2) is 0 Å². The Morgan fingerprint density at radius 1 is 0.778 bits per heavy atom. The van der Waals surface area contributed by atoms with Crippen molar-refractivity contribution in [2.24, 2.45) is 0 Å². The summed E-state index contributed by atoms with van der Waals surface area (Å²) in [6.07, 6.45) is 16.6. The quantitative estimate of drug-likeness (QED) is 0.0874. The molecule has 1 aliphatic heterocycles. The molecule has 45 heavy (non-hydrogen) atoms. The average molecular weight is 635 g/mol. The van der Waals surface area contributed by atoms with Gasteiger partial charge in [0, 0.05) is 12.8 Å². The highest BCUT2D eigenvalue weighted by Crippen LogP contribution is 2.37. The topological polar surface area (TPSA) is 58.9 Å². The third kappa shape index (κ3) is 12.3. The molecule has 0 aromatic heterocycles. The minimum Gasteiger partial charge on any atom is -0.405 e. The van der Waals surface area contributed by atoms with Crippen molar-refractivity contribution in [3.05, 3.63) is 60.7 Å². The van der Waals surface area contributed by atoms with Gasteiger partial charge in [-0.15, -0.1) is 5.92 Å². The van der Waals surface area contributed by atoms with Gasteiger partial charge in [-0.05, 0) is 34.7 Å². The van der Waals surface area contributed by atoms with E-state index < -0.39 is 20.5 Å². The van der Waals surface area contributed by atoms with E-state index in [1.807, 2.05) is 0 Å². The highest BCUT2D eigenvalue weighted by atomic mass is 28.4. The van der Waals surface area contributed by atoms with Crippen molar-refractivity contribution in [2.45, 2.75) is 160 Å². The van der Waals surface area contributed by atoms with E-state index in [1.54, 1.807) is 0 Å². The molecule has 250 valence electrons. The number of benzene rings is 2. The van der Waals surface area contributed by atoms with Crippen molar-refractivity contribution in [3.8, 4) is 11.8 Å². The summed E-state index contributed by atoms with van der Waals surface area (Å²) in [6, 6.07) is 21.3. The lowest BCUT2D eigenvalue weighted by atomic mass is 10.0. The molecular formula is C40H62O4Si. The van der Waals surface area contributed by atoms with Crippen molar-refractivity contribution >= 4 is 18.7 Å². The Balaban J connectivity index is 1.38. The standard InChI is InChI=1S/C40H62O4Si/c1-5-6-7-8-9-10-11-12-13-14-15-16-17-20-25-34(41)32-38(42)39-31-30-35(44-39)33-43-45(40(2,3)4,36-26-21-18-22-27-36)37-28-23-19-24-29-37/h18-19,21-24,26-29,34-35,38-39,41-42H,5-17,30-33H2,1-4H3/t34-,35+,38+,39+/m1/s1. The van der Waals surface area contributed by atoms with Crippen molar-refractivity contribution in [2.75, 3.05) is 6.61 Å². The van der Waals surface area contributed by atoms with E-state index in [4.69, 9.17) is 9.16 Å². The Kier molecular flexibility index (Phi) is 16.9. The minimum absolute atomic E-state index is 0.0830. The summed E-state index contributed by atoms with van der Waals surface area (Å²) in [5.74, 6) is 6.10. The van der Waals surface area contributed by atoms with Crippen molar-refractivity contribution < 1.29 is 19.4 Å². The fraction of sp³-hybridized carbons (Fsp3) is 0.650. The first-order chi connectivity index (χ1) is 21.8. The molecule has 4 nitrogen and oxygen atoms in total. The minimum atomic E-state index is -2.63. The van der Waals surface area contributed by atoms with Crippen LogP contribution < -0.4 is 10.4 Å². The van der Waals surface area contributed by atoms with Gasteiger partial charge in [0.1, 0.15) is 6.10 Å². The maximum absolute atomic E-state index is 10.9. The van der Waals surface area contributed by atoms with Crippen LogP contribution in [0, 0.1) is 11.8 Å². The first-order valence-corrected chi connectivity index (χ1v) is 19.9. The van der Waals surface area contributed by atoms with E-state index in [1.165, 1.54) is 81.0 Å². The molecule has 1 saturated heterocycles. The van der Waals surface area contributed by atoms with E-state index in [0.29, 0.717) is 6.61 Å². The van der Waals surface area contributed by atoms with Gasteiger partial charge in [-0.1, -0.05) is 165 Å². The molecule has 3 rings (SSSR count). The van der Waals surface area contributed by atoms with Crippen LogP contribution in [0.15, 0.2) is 60.7 Å². The van der Waals surface area contributed by atoms with E-state index in [0.717, 1.165) is 25.7 Å². The lowest BCUT2D eigenvalue weighted by Gasteiger charge is -2.43. The Morgan fingerprint density at radius 3 is 1.80 bits per heavy atom. The van der Waals surface area contributed by atoms with Gasteiger partial charge in [0.25, 0.3) is 8.32 Å². The number of aliphatic hydroxyl groups is 2. The molecule has 0 bridgehead atoms. The summed E-state index contributed by atoms with van der Waals surface area (Å²) in [7, 11) is -2.63. The highest BCUT2D eigenvalue weighted by Gasteiger charge is 2.50. The molecule has 0 aliphatic carbocycles. The van der Waals surface area contributed by atoms with Crippen LogP contribution in [0.4, 0.5) is 0 Å². The van der Waals surface area contributed by atoms with Crippen LogP contribution in [0.1, 0.15) is 130 Å². The third-order valence-electron chi connectivity index (χ3n) is 9.36. The molecule has 5 heteroatoms.